The van der Waals surface area contributed by atoms with Gasteiger partial charge in [-0.1, -0.05) is 255 Å². The quantitative estimate of drug-likeness (QED) is 0.131. The van der Waals surface area contributed by atoms with Crippen molar-refractivity contribution in [3.8, 4) is 66.8 Å². The molecular formula is C70H47N. The first-order valence-electron chi connectivity index (χ1n) is 24.5. The van der Waals surface area contributed by atoms with E-state index in [2.05, 4.69) is 290 Å². The molecule has 0 N–H and O–H groups in total. The zero-order valence-electron chi connectivity index (χ0n) is 39.1. The lowest BCUT2D eigenvalue weighted by molar-refractivity contribution is 1.28. The van der Waals surface area contributed by atoms with E-state index in [1.54, 1.807) is 0 Å². The summed E-state index contributed by atoms with van der Waals surface area (Å²) >= 11 is 0. The lowest BCUT2D eigenvalue weighted by atomic mass is 9.85. The summed E-state index contributed by atoms with van der Waals surface area (Å²) in [6.45, 7) is 0. The van der Waals surface area contributed by atoms with Crippen molar-refractivity contribution in [2.45, 2.75) is 0 Å². The van der Waals surface area contributed by atoms with E-state index >= 15 is 0 Å². The van der Waals surface area contributed by atoms with Gasteiger partial charge >= 0.3 is 0 Å². The largest absolute Gasteiger partial charge is 0.310 e. The Labute approximate surface area is 414 Å². The van der Waals surface area contributed by atoms with Crippen LogP contribution in [-0.2, 0) is 0 Å². The Hall–Kier alpha value is -9.30. The topological polar surface area (TPSA) is 3.24 Å². The second-order valence-corrected chi connectivity index (χ2v) is 18.3. The van der Waals surface area contributed by atoms with Crippen LogP contribution in [0, 0.1) is 0 Å². The van der Waals surface area contributed by atoms with E-state index in [0.29, 0.717) is 0 Å². The number of hydrogen-bond acceptors (Lipinski definition) is 1. The van der Waals surface area contributed by atoms with Gasteiger partial charge in [-0.2, -0.15) is 0 Å². The van der Waals surface area contributed by atoms with Crippen molar-refractivity contribution in [1.82, 2.24) is 0 Å². The summed E-state index contributed by atoms with van der Waals surface area (Å²) in [5.74, 6) is 0. The summed E-state index contributed by atoms with van der Waals surface area (Å²) in [5.41, 5.74) is 17.6. The Morgan fingerprint density at radius 3 is 0.803 bits per heavy atom. The van der Waals surface area contributed by atoms with Crippen LogP contribution >= 0.6 is 0 Å². The van der Waals surface area contributed by atoms with Crippen LogP contribution in [0.3, 0.4) is 0 Å². The smallest absolute Gasteiger partial charge is 0.0546 e. The molecule has 1 nitrogen and oxygen atoms in total. The molecule has 0 amide bonds. The Balaban J connectivity index is 1.04. The highest BCUT2D eigenvalue weighted by atomic mass is 15.1. The summed E-state index contributed by atoms with van der Waals surface area (Å²) in [4.78, 5) is 2.45. The van der Waals surface area contributed by atoms with E-state index < -0.39 is 0 Å². The molecule has 0 unspecified atom stereocenters. The van der Waals surface area contributed by atoms with Gasteiger partial charge in [0.15, 0.2) is 0 Å². The number of benzene rings is 13. The highest BCUT2D eigenvalue weighted by Crippen LogP contribution is 2.49. The predicted molar refractivity (Wildman–Crippen MR) is 304 cm³/mol. The fourth-order valence-corrected chi connectivity index (χ4v) is 11.1. The molecule has 0 heterocycles. The Bertz CT molecular complexity index is 3840. The first kappa shape index (κ1) is 41.9. The van der Waals surface area contributed by atoms with Gasteiger partial charge in [-0.15, -0.1) is 0 Å². The van der Waals surface area contributed by atoms with Crippen molar-refractivity contribution < 1.29 is 0 Å². The second kappa shape index (κ2) is 18.0. The Morgan fingerprint density at radius 2 is 0.451 bits per heavy atom. The minimum Gasteiger partial charge on any atom is -0.310 e. The minimum atomic E-state index is 1.07. The average Bonchev–Trinajstić information content (AvgIpc) is 3.46. The van der Waals surface area contributed by atoms with Gasteiger partial charge in [0.25, 0.3) is 0 Å². The highest BCUT2D eigenvalue weighted by Gasteiger charge is 2.23. The van der Waals surface area contributed by atoms with Gasteiger partial charge in [0.1, 0.15) is 0 Å². The molecule has 0 radical (unpaired) electrons. The lowest BCUT2D eigenvalue weighted by Crippen LogP contribution is -2.11. The van der Waals surface area contributed by atoms with E-state index in [4.69, 9.17) is 0 Å². The standard InChI is InChI=1S/C70H47N/c1-5-21-48(22-6-1)54-41-46-57(49-23-7-2-8-24-49)66(47-54)71(55-42-37-52(38-43-55)69-64-35-19-15-31-60(64)58-29-13-17-33-62(58)67(69)50-25-9-3-10-26-50)56-44-39-53(40-45-56)70-65-36-20-16-32-61(65)59-30-14-18-34-63(59)68(70)51-27-11-4-12-28-51/h1-47H. The summed E-state index contributed by atoms with van der Waals surface area (Å²) < 4.78 is 0. The van der Waals surface area contributed by atoms with Crippen molar-refractivity contribution in [1.29, 1.82) is 0 Å². The molecule has 71 heavy (non-hydrogen) atoms. The molecule has 0 fully saturated rings. The van der Waals surface area contributed by atoms with Gasteiger partial charge in [-0.3, -0.25) is 0 Å². The van der Waals surface area contributed by atoms with Gasteiger partial charge in [-0.05, 0) is 135 Å². The fourth-order valence-electron chi connectivity index (χ4n) is 11.1. The molecule has 1 heteroatoms. The van der Waals surface area contributed by atoms with Crippen LogP contribution in [0.2, 0.25) is 0 Å². The van der Waals surface area contributed by atoms with Crippen LogP contribution in [0.15, 0.2) is 285 Å². The minimum absolute atomic E-state index is 1.07. The normalized spacial score (nSPS) is 11.4. The molecule has 332 valence electrons. The van der Waals surface area contributed by atoms with Gasteiger partial charge in [0.2, 0.25) is 0 Å². The zero-order chi connectivity index (χ0) is 47.1. The summed E-state index contributed by atoms with van der Waals surface area (Å²) in [6.07, 6.45) is 0. The molecule has 0 aliphatic heterocycles. The van der Waals surface area contributed by atoms with Crippen LogP contribution in [-0.4, -0.2) is 0 Å². The van der Waals surface area contributed by atoms with E-state index in [1.807, 2.05) is 0 Å². The van der Waals surface area contributed by atoms with E-state index in [1.165, 1.54) is 93.2 Å². The van der Waals surface area contributed by atoms with Crippen LogP contribution in [0.25, 0.3) is 110 Å². The highest BCUT2D eigenvalue weighted by molar-refractivity contribution is 6.23. The first-order valence-corrected chi connectivity index (χ1v) is 24.5. The third kappa shape index (κ3) is 7.44. The summed E-state index contributed by atoms with van der Waals surface area (Å²) in [7, 11) is 0. The average molecular weight is 902 g/mol. The number of nitrogens with zero attached hydrogens (tertiary/aromatic N) is 1. The lowest BCUT2D eigenvalue weighted by Gasteiger charge is -2.29. The van der Waals surface area contributed by atoms with Gasteiger partial charge in [0, 0.05) is 16.9 Å². The second-order valence-electron chi connectivity index (χ2n) is 18.3. The maximum atomic E-state index is 2.45. The molecule has 13 rings (SSSR count). The molecular weight excluding hydrogens is 855 g/mol. The van der Waals surface area contributed by atoms with Gasteiger partial charge < -0.3 is 4.90 Å². The van der Waals surface area contributed by atoms with Crippen LogP contribution in [0.4, 0.5) is 17.1 Å². The van der Waals surface area contributed by atoms with Crippen molar-refractivity contribution in [3.63, 3.8) is 0 Å². The molecule has 0 bridgehead atoms. The maximum absolute atomic E-state index is 2.45. The Morgan fingerprint density at radius 1 is 0.183 bits per heavy atom. The van der Waals surface area contributed by atoms with Crippen LogP contribution < -0.4 is 4.90 Å². The van der Waals surface area contributed by atoms with E-state index in [0.717, 1.165) is 33.8 Å². The van der Waals surface area contributed by atoms with Gasteiger partial charge in [0.05, 0.1) is 5.69 Å². The molecule has 0 saturated carbocycles. The number of fused-ring (bicyclic) bond motifs is 6. The third-order valence-corrected chi connectivity index (χ3v) is 14.2. The molecule has 13 aromatic carbocycles. The molecule has 0 aliphatic carbocycles. The molecule has 0 aromatic heterocycles. The third-order valence-electron chi connectivity index (χ3n) is 14.2. The van der Waals surface area contributed by atoms with Crippen molar-refractivity contribution in [2.75, 3.05) is 4.90 Å². The number of rotatable bonds is 9. The van der Waals surface area contributed by atoms with E-state index in [9.17, 15) is 0 Å². The zero-order valence-corrected chi connectivity index (χ0v) is 39.1. The Kier molecular flexibility index (Phi) is 10.6. The fraction of sp³-hybridized carbons (Fsp3) is 0. The summed E-state index contributed by atoms with van der Waals surface area (Å²) in [6, 6.07) is 104. The van der Waals surface area contributed by atoms with Crippen LogP contribution in [0.5, 0.6) is 0 Å². The predicted octanol–water partition coefficient (Wildman–Crippen LogP) is 19.8. The molecule has 0 saturated heterocycles. The first-order chi connectivity index (χ1) is 35.3. The van der Waals surface area contributed by atoms with E-state index in [-0.39, 0.29) is 0 Å². The molecule has 13 aromatic rings. The monoisotopic (exact) mass is 901 g/mol. The molecule has 0 aliphatic rings. The maximum Gasteiger partial charge on any atom is 0.0546 e. The van der Waals surface area contributed by atoms with Crippen molar-refractivity contribution in [2.24, 2.45) is 0 Å². The SMILES string of the molecule is c1ccc(-c2ccc(-c3ccccc3)c(N(c3ccc(-c4c(-c5ccccc5)c5ccccc5c5ccccc45)cc3)c3ccc(-c4c(-c5ccccc5)c5ccccc5c5ccccc45)cc3)c2)cc1. The summed E-state index contributed by atoms with van der Waals surface area (Å²) in [5, 5.41) is 10.0. The van der Waals surface area contributed by atoms with Gasteiger partial charge in [-0.25, -0.2) is 0 Å². The van der Waals surface area contributed by atoms with Crippen molar-refractivity contribution in [3.05, 3.63) is 285 Å². The number of anilines is 3. The van der Waals surface area contributed by atoms with Crippen LogP contribution in [0.1, 0.15) is 0 Å². The number of hydrogen-bond donors (Lipinski definition) is 0. The van der Waals surface area contributed by atoms with Crippen molar-refractivity contribution >= 4 is 60.2 Å². The molecule has 0 spiro atoms. The molecule has 0 atom stereocenters.